The maximum Gasteiger partial charge on any atom is 0.269 e. The molecule has 0 radical (unpaired) electrons. The highest BCUT2D eigenvalue weighted by molar-refractivity contribution is 5.81. The summed E-state index contributed by atoms with van der Waals surface area (Å²) in [6.07, 6.45) is 3.74. The normalized spacial score (nSPS) is 16.6. The SMILES string of the molecule is C[C@@H](Oc1ccc([N+](=O)[O-])cc1)C(=O)NC1CCCC1. The Labute approximate surface area is 117 Å². The fourth-order valence-electron chi connectivity index (χ4n) is 2.29. The molecule has 1 N–H and O–H groups in total. The summed E-state index contributed by atoms with van der Waals surface area (Å²) in [5.74, 6) is 0.305. The Balaban J connectivity index is 1.87. The number of ether oxygens (including phenoxy) is 1. The van der Waals surface area contributed by atoms with Crippen molar-refractivity contribution in [2.24, 2.45) is 0 Å². The fourth-order valence-corrected chi connectivity index (χ4v) is 2.29. The Morgan fingerprint density at radius 2 is 1.95 bits per heavy atom. The number of amides is 1. The van der Waals surface area contributed by atoms with Crippen LogP contribution in [0.1, 0.15) is 32.6 Å². The van der Waals surface area contributed by atoms with Crippen molar-refractivity contribution in [3.8, 4) is 5.75 Å². The van der Waals surface area contributed by atoms with Gasteiger partial charge in [0.15, 0.2) is 6.10 Å². The van der Waals surface area contributed by atoms with Gasteiger partial charge in [-0.3, -0.25) is 14.9 Å². The summed E-state index contributed by atoms with van der Waals surface area (Å²) in [4.78, 5) is 22.0. The molecule has 1 fully saturated rings. The molecule has 2 rings (SSSR count). The summed E-state index contributed by atoms with van der Waals surface area (Å²) >= 11 is 0. The molecule has 6 heteroatoms. The molecular weight excluding hydrogens is 260 g/mol. The highest BCUT2D eigenvalue weighted by Gasteiger charge is 2.21. The maximum absolute atomic E-state index is 11.9. The first-order valence-electron chi connectivity index (χ1n) is 6.78. The molecule has 0 bridgehead atoms. The molecule has 1 amide bonds. The van der Waals surface area contributed by atoms with Gasteiger partial charge >= 0.3 is 0 Å². The minimum atomic E-state index is -0.614. The van der Waals surface area contributed by atoms with E-state index in [1.807, 2.05) is 0 Å². The van der Waals surface area contributed by atoms with Crippen molar-refractivity contribution in [2.45, 2.75) is 44.8 Å². The lowest BCUT2D eigenvalue weighted by Crippen LogP contribution is -2.41. The van der Waals surface area contributed by atoms with Crippen molar-refractivity contribution >= 4 is 11.6 Å². The number of nitro benzene ring substituents is 1. The van der Waals surface area contributed by atoms with Gasteiger partial charge in [0, 0.05) is 18.2 Å². The van der Waals surface area contributed by atoms with Gasteiger partial charge < -0.3 is 10.1 Å². The van der Waals surface area contributed by atoms with Crippen LogP contribution in [0.5, 0.6) is 5.75 Å². The van der Waals surface area contributed by atoms with Crippen molar-refractivity contribution < 1.29 is 14.5 Å². The van der Waals surface area contributed by atoms with E-state index in [1.54, 1.807) is 6.92 Å². The Bertz CT molecular complexity index is 480. The summed E-state index contributed by atoms with van der Waals surface area (Å²) in [5, 5.41) is 13.5. The van der Waals surface area contributed by atoms with Gasteiger partial charge in [0.05, 0.1) is 4.92 Å². The van der Waals surface area contributed by atoms with Gasteiger partial charge in [0.2, 0.25) is 0 Å². The van der Waals surface area contributed by atoms with Crippen LogP contribution in [0.3, 0.4) is 0 Å². The third-order valence-electron chi connectivity index (χ3n) is 3.43. The monoisotopic (exact) mass is 278 g/mol. The second-order valence-corrected chi connectivity index (χ2v) is 5.00. The number of hydrogen-bond donors (Lipinski definition) is 1. The van der Waals surface area contributed by atoms with Crippen molar-refractivity contribution in [2.75, 3.05) is 0 Å². The lowest BCUT2D eigenvalue weighted by Gasteiger charge is -2.17. The van der Waals surface area contributed by atoms with E-state index in [1.165, 1.54) is 24.3 Å². The molecule has 1 aromatic carbocycles. The molecule has 0 aliphatic heterocycles. The van der Waals surface area contributed by atoms with Crippen LogP contribution in [0, 0.1) is 10.1 Å². The molecule has 0 saturated heterocycles. The van der Waals surface area contributed by atoms with Crippen LogP contribution < -0.4 is 10.1 Å². The van der Waals surface area contributed by atoms with Crippen molar-refractivity contribution in [3.63, 3.8) is 0 Å². The molecule has 1 aliphatic rings. The van der Waals surface area contributed by atoms with Crippen LogP contribution in [-0.4, -0.2) is 23.0 Å². The molecule has 6 nitrogen and oxygen atoms in total. The van der Waals surface area contributed by atoms with E-state index < -0.39 is 11.0 Å². The van der Waals surface area contributed by atoms with Crippen molar-refractivity contribution in [3.05, 3.63) is 34.4 Å². The van der Waals surface area contributed by atoms with Crippen molar-refractivity contribution in [1.29, 1.82) is 0 Å². The van der Waals surface area contributed by atoms with Gasteiger partial charge in [0.25, 0.3) is 11.6 Å². The summed E-state index contributed by atoms with van der Waals surface area (Å²) in [6.45, 7) is 1.67. The zero-order valence-electron chi connectivity index (χ0n) is 11.4. The maximum atomic E-state index is 11.9. The molecule has 0 unspecified atom stereocenters. The van der Waals surface area contributed by atoms with Gasteiger partial charge in [-0.25, -0.2) is 0 Å². The number of carbonyl (C=O) groups is 1. The van der Waals surface area contributed by atoms with Crippen LogP contribution >= 0.6 is 0 Å². The number of nitrogens with zero attached hydrogens (tertiary/aromatic N) is 1. The predicted molar refractivity (Wildman–Crippen MR) is 73.6 cm³/mol. The zero-order valence-corrected chi connectivity index (χ0v) is 11.4. The molecule has 108 valence electrons. The summed E-state index contributed by atoms with van der Waals surface area (Å²) in [5.41, 5.74) is 0.000380. The minimum absolute atomic E-state index is 0.000380. The Morgan fingerprint density at radius 3 is 2.50 bits per heavy atom. The minimum Gasteiger partial charge on any atom is -0.481 e. The molecule has 1 aromatic rings. The average Bonchev–Trinajstić information content (AvgIpc) is 2.92. The van der Waals surface area contributed by atoms with Crippen LogP contribution in [0.15, 0.2) is 24.3 Å². The van der Waals surface area contributed by atoms with E-state index >= 15 is 0 Å². The molecule has 0 spiro atoms. The van der Waals surface area contributed by atoms with Crippen LogP contribution in [0.25, 0.3) is 0 Å². The van der Waals surface area contributed by atoms with Gasteiger partial charge in [-0.05, 0) is 31.9 Å². The summed E-state index contributed by atoms with van der Waals surface area (Å²) in [7, 11) is 0. The van der Waals surface area contributed by atoms with E-state index in [0.717, 1.165) is 25.7 Å². The second kappa shape index (κ2) is 6.36. The number of benzene rings is 1. The highest BCUT2D eigenvalue weighted by atomic mass is 16.6. The van der Waals surface area contributed by atoms with Crippen molar-refractivity contribution in [1.82, 2.24) is 5.32 Å². The second-order valence-electron chi connectivity index (χ2n) is 5.00. The van der Waals surface area contributed by atoms with E-state index in [2.05, 4.69) is 5.32 Å². The number of hydrogen-bond acceptors (Lipinski definition) is 4. The Hall–Kier alpha value is -2.11. The first-order valence-corrected chi connectivity index (χ1v) is 6.78. The molecule has 1 atom stereocenters. The highest BCUT2D eigenvalue weighted by Crippen LogP contribution is 2.20. The first kappa shape index (κ1) is 14.3. The van der Waals surface area contributed by atoms with E-state index in [4.69, 9.17) is 4.74 Å². The molecule has 0 aromatic heterocycles. The average molecular weight is 278 g/mol. The van der Waals surface area contributed by atoms with Gasteiger partial charge in [-0.2, -0.15) is 0 Å². The van der Waals surface area contributed by atoms with Gasteiger partial charge in [0.1, 0.15) is 5.75 Å². The number of nitrogens with one attached hydrogen (secondary N) is 1. The topological polar surface area (TPSA) is 81.5 Å². The molecule has 1 aliphatic carbocycles. The van der Waals surface area contributed by atoms with Crippen LogP contribution in [-0.2, 0) is 4.79 Å². The van der Waals surface area contributed by atoms with E-state index in [9.17, 15) is 14.9 Å². The standard InChI is InChI=1S/C14H18N2O4/c1-10(14(17)15-11-4-2-3-5-11)20-13-8-6-12(7-9-13)16(18)19/h6-11H,2-5H2,1H3,(H,15,17)/t10-/m1/s1. The number of rotatable bonds is 5. The Morgan fingerprint density at radius 1 is 1.35 bits per heavy atom. The van der Waals surface area contributed by atoms with E-state index in [-0.39, 0.29) is 17.6 Å². The number of carbonyl (C=O) groups excluding carboxylic acids is 1. The van der Waals surface area contributed by atoms with Gasteiger partial charge in [-0.1, -0.05) is 12.8 Å². The summed E-state index contributed by atoms with van der Waals surface area (Å²) < 4.78 is 5.49. The molecule has 20 heavy (non-hydrogen) atoms. The Kier molecular flexibility index (Phi) is 4.55. The van der Waals surface area contributed by atoms with Gasteiger partial charge in [-0.15, -0.1) is 0 Å². The van der Waals surface area contributed by atoms with Crippen LogP contribution in [0.2, 0.25) is 0 Å². The molecule has 0 heterocycles. The largest absolute Gasteiger partial charge is 0.481 e. The predicted octanol–water partition coefficient (Wildman–Crippen LogP) is 2.42. The smallest absolute Gasteiger partial charge is 0.269 e. The summed E-state index contributed by atoms with van der Waals surface area (Å²) in [6, 6.07) is 5.97. The number of nitro groups is 1. The zero-order chi connectivity index (χ0) is 14.5. The van der Waals surface area contributed by atoms with E-state index in [0.29, 0.717) is 5.75 Å². The third-order valence-corrected chi connectivity index (χ3v) is 3.43. The quantitative estimate of drug-likeness (QED) is 0.662. The molecular formula is C14H18N2O4. The first-order chi connectivity index (χ1) is 9.56. The third kappa shape index (κ3) is 3.69. The molecule has 1 saturated carbocycles. The number of non-ortho nitro benzene ring substituents is 1. The fraction of sp³-hybridized carbons (Fsp3) is 0.500. The van der Waals surface area contributed by atoms with Crippen LogP contribution in [0.4, 0.5) is 5.69 Å². The lowest BCUT2D eigenvalue weighted by atomic mass is 10.2. The lowest BCUT2D eigenvalue weighted by molar-refractivity contribution is -0.384.